The monoisotopic (exact) mass is 248 g/mol. The van der Waals surface area contributed by atoms with Gasteiger partial charge < -0.3 is 0 Å². The van der Waals surface area contributed by atoms with Gasteiger partial charge in [0.05, 0.1) is 5.56 Å². The third-order valence-corrected chi connectivity index (χ3v) is 2.06. The number of rotatable bonds is 3. The molecule has 92 valence electrons. The van der Waals surface area contributed by atoms with Gasteiger partial charge >= 0.3 is 12.1 Å². The van der Waals surface area contributed by atoms with Gasteiger partial charge in [0.2, 0.25) is 0 Å². The maximum atomic E-state index is 12.2. The second-order valence-electron chi connectivity index (χ2n) is 3.34. The van der Waals surface area contributed by atoms with E-state index in [1.54, 1.807) is 0 Å². The third kappa shape index (κ3) is 3.58. The van der Waals surface area contributed by atoms with Crippen molar-refractivity contribution in [3.05, 3.63) is 47.5 Å². The molecule has 0 saturated carbocycles. The summed E-state index contributed by atoms with van der Waals surface area (Å²) >= 11 is 0. The molecule has 6 heteroatoms. The summed E-state index contributed by atoms with van der Waals surface area (Å²) in [5, 5.41) is 0. The molecule has 0 bridgehead atoms. The molecular formula is C11H8F4O2. The fraction of sp³-hybridized carbons (Fsp3) is 0.182. The number of carbonyl (C=O) groups excluding carboxylic acids is 1. The maximum absolute atomic E-state index is 12.2. The van der Waals surface area contributed by atoms with Crippen LogP contribution in [0.1, 0.15) is 11.1 Å². The number of carbonyl (C=O) groups is 1. The number of alkyl halides is 3. The van der Waals surface area contributed by atoms with Crippen LogP contribution in [0.2, 0.25) is 0 Å². The van der Waals surface area contributed by atoms with Crippen LogP contribution in [0.15, 0.2) is 36.4 Å². The summed E-state index contributed by atoms with van der Waals surface area (Å²) in [6, 6.07) is 4.14. The van der Waals surface area contributed by atoms with Gasteiger partial charge in [-0.05, 0) is 17.7 Å². The van der Waals surface area contributed by atoms with Crippen LogP contribution in [0.25, 0.3) is 0 Å². The largest absolute Gasteiger partial charge is 0.416 e. The summed E-state index contributed by atoms with van der Waals surface area (Å²) in [6.07, 6.45) is -4.48. The standard InChI is InChI=1S/C11H8F4O2/c1-7(10(16)17-15)6-8-2-4-9(5-3-8)11(12,13)14/h2-5H,1,6H2. The van der Waals surface area contributed by atoms with Crippen molar-refractivity contribution in [3.63, 3.8) is 0 Å². The summed E-state index contributed by atoms with van der Waals surface area (Å²) in [5.74, 6) is -1.23. The minimum absolute atomic E-state index is 0.0686. The summed E-state index contributed by atoms with van der Waals surface area (Å²) in [4.78, 5) is 13.6. The maximum Gasteiger partial charge on any atom is 0.416 e. The zero-order valence-electron chi connectivity index (χ0n) is 8.55. The van der Waals surface area contributed by atoms with Crippen molar-refractivity contribution in [2.75, 3.05) is 0 Å². The molecule has 0 radical (unpaired) electrons. The lowest BCUT2D eigenvalue weighted by Crippen LogP contribution is -2.06. The Morgan fingerprint density at radius 2 is 1.76 bits per heavy atom. The molecule has 0 saturated heterocycles. The van der Waals surface area contributed by atoms with Gasteiger partial charge in [-0.2, -0.15) is 13.2 Å². The van der Waals surface area contributed by atoms with Crippen LogP contribution in [-0.2, 0) is 22.3 Å². The first kappa shape index (κ1) is 13.2. The third-order valence-electron chi connectivity index (χ3n) is 2.06. The molecule has 0 heterocycles. The van der Waals surface area contributed by atoms with Crippen molar-refractivity contribution in [3.8, 4) is 0 Å². The first-order chi connectivity index (χ1) is 7.84. The lowest BCUT2D eigenvalue weighted by Gasteiger charge is -2.07. The van der Waals surface area contributed by atoms with Crippen LogP contribution in [0.3, 0.4) is 0 Å². The quantitative estimate of drug-likeness (QED) is 0.606. The van der Waals surface area contributed by atoms with E-state index in [0.29, 0.717) is 5.56 Å². The van der Waals surface area contributed by atoms with Crippen LogP contribution in [0.5, 0.6) is 0 Å². The fourth-order valence-corrected chi connectivity index (χ4v) is 1.18. The van der Waals surface area contributed by atoms with Crippen LogP contribution < -0.4 is 0 Å². The number of halogens is 4. The minimum Gasteiger partial charge on any atom is -0.250 e. The minimum atomic E-state index is -4.41. The van der Waals surface area contributed by atoms with E-state index in [2.05, 4.69) is 11.5 Å². The molecule has 0 atom stereocenters. The molecule has 2 nitrogen and oxygen atoms in total. The SMILES string of the molecule is C=C(Cc1ccc(C(F)(F)F)cc1)C(=O)OF. The number of hydrogen-bond donors (Lipinski definition) is 0. The molecule has 0 aliphatic rings. The first-order valence-corrected chi connectivity index (χ1v) is 4.51. The Morgan fingerprint density at radius 1 is 1.24 bits per heavy atom. The van der Waals surface area contributed by atoms with Crippen molar-refractivity contribution in [2.24, 2.45) is 0 Å². The van der Waals surface area contributed by atoms with E-state index in [0.717, 1.165) is 12.1 Å². The van der Waals surface area contributed by atoms with Crippen molar-refractivity contribution in [2.45, 2.75) is 12.6 Å². The molecule has 0 aliphatic heterocycles. The van der Waals surface area contributed by atoms with Gasteiger partial charge in [0.15, 0.2) is 0 Å². The predicted octanol–water partition coefficient (Wildman–Crippen LogP) is 3.23. The Labute approximate surface area is 94.4 Å². The summed E-state index contributed by atoms with van der Waals surface area (Å²) in [6.45, 7) is 3.26. The van der Waals surface area contributed by atoms with E-state index in [4.69, 9.17) is 0 Å². The normalized spacial score (nSPS) is 11.1. The predicted molar refractivity (Wildman–Crippen MR) is 51.5 cm³/mol. The zero-order valence-corrected chi connectivity index (χ0v) is 8.55. The molecule has 1 rings (SSSR count). The Balaban J connectivity index is 2.76. The molecule has 0 aromatic heterocycles. The van der Waals surface area contributed by atoms with E-state index in [9.17, 15) is 22.5 Å². The molecule has 17 heavy (non-hydrogen) atoms. The number of benzene rings is 1. The Kier molecular flexibility index (Phi) is 3.88. The van der Waals surface area contributed by atoms with E-state index in [1.165, 1.54) is 12.1 Å². The molecule has 1 aromatic rings. The highest BCUT2D eigenvalue weighted by Gasteiger charge is 2.29. The van der Waals surface area contributed by atoms with Gasteiger partial charge in [-0.25, -0.2) is 9.74 Å². The van der Waals surface area contributed by atoms with Crippen molar-refractivity contribution < 1.29 is 27.4 Å². The highest BCUT2D eigenvalue weighted by atomic mass is 19.4. The molecule has 1 aromatic carbocycles. The van der Waals surface area contributed by atoms with Crippen LogP contribution >= 0.6 is 0 Å². The van der Waals surface area contributed by atoms with Gasteiger partial charge in [-0.1, -0.05) is 18.7 Å². The van der Waals surface area contributed by atoms with Gasteiger partial charge in [-0.15, -0.1) is 0 Å². The van der Waals surface area contributed by atoms with Crippen LogP contribution in [0, 0.1) is 0 Å². The average Bonchev–Trinajstić information content (AvgIpc) is 2.27. The summed E-state index contributed by atoms with van der Waals surface area (Å²) in [7, 11) is 0. The van der Waals surface area contributed by atoms with Crippen molar-refractivity contribution in [1.29, 1.82) is 0 Å². The Hall–Kier alpha value is -1.85. The van der Waals surface area contributed by atoms with Crippen molar-refractivity contribution >= 4 is 5.97 Å². The second kappa shape index (κ2) is 4.99. The molecular weight excluding hydrogens is 240 g/mol. The Morgan fingerprint density at radius 3 is 2.18 bits per heavy atom. The topological polar surface area (TPSA) is 26.3 Å². The second-order valence-corrected chi connectivity index (χ2v) is 3.34. The van der Waals surface area contributed by atoms with Gasteiger partial charge in [0.1, 0.15) is 0 Å². The summed E-state index contributed by atoms with van der Waals surface area (Å²) < 4.78 is 48.2. The highest BCUT2D eigenvalue weighted by molar-refractivity contribution is 5.87. The van der Waals surface area contributed by atoms with E-state index >= 15 is 0 Å². The van der Waals surface area contributed by atoms with Gasteiger partial charge in [-0.3, -0.25) is 0 Å². The summed E-state index contributed by atoms with van der Waals surface area (Å²) in [5.41, 5.74) is -0.555. The molecule has 0 aliphatic carbocycles. The van der Waals surface area contributed by atoms with Gasteiger partial charge in [0, 0.05) is 16.5 Å². The molecule has 0 amide bonds. The zero-order chi connectivity index (χ0) is 13.1. The fourth-order valence-electron chi connectivity index (χ4n) is 1.18. The molecule has 0 N–H and O–H groups in total. The van der Waals surface area contributed by atoms with Crippen LogP contribution in [-0.4, -0.2) is 5.97 Å². The smallest absolute Gasteiger partial charge is 0.250 e. The van der Waals surface area contributed by atoms with E-state index < -0.39 is 17.7 Å². The number of hydrogen-bond acceptors (Lipinski definition) is 2. The highest BCUT2D eigenvalue weighted by Crippen LogP contribution is 2.29. The van der Waals surface area contributed by atoms with Crippen molar-refractivity contribution in [1.82, 2.24) is 0 Å². The first-order valence-electron chi connectivity index (χ1n) is 4.51. The lowest BCUT2D eigenvalue weighted by molar-refractivity contribution is -0.178. The van der Waals surface area contributed by atoms with Crippen LogP contribution in [0.4, 0.5) is 17.7 Å². The average molecular weight is 248 g/mol. The molecule has 0 spiro atoms. The molecule has 0 fully saturated rings. The van der Waals surface area contributed by atoms with E-state index in [1.807, 2.05) is 0 Å². The lowest BCUT2D eigenvalue weighted by atomic mass is 10.0. The van der Waals surface area contributed by atoms with E-state index in [-0.39, 0.29) is 12.0 Å². The Bertz CT molecular complexity index is 420. The molecule has 0 unspecified atom stereocenters. The van der Waals surface area contributed by atoms with Gasteiger partial charge in [0.25, 0.3) is 0 Å².